The summed E-state index contributed by atoms with van der Waals surface area (Å²) in [6.07, 6.45) is 1.46. The van der Waals surface area contributed by atoms with E-state index >= 15 is 0 Å². The van der Waals surface area contributed by atoms with Crippen molar-refractivity contribution < 1.29 is 21.7 Å². The second-order valence-corrected chi connectivity index (χ2v) is 7.55. The number of thiophene rings is 1. The molecule has 3 rings (SSSR count). The molecule has 5 nitrogen and oxygen atoms in total. The molecule has 1 aromatic carbocycles. The Bertz CT molecular complexity index is 951. The smallest absolute Gasteiger partial charge is 0.263 e. The van der Waals surface area contributed by atoms with Crippen molar-refractivity contribution in [3.63, 3.8) is 0 Å². The molecule has 0 aliphatic rings. The maximum atomic E-state index is 13.2. The van der Waals surface area contributed by atoms with Gasteiger partial charge in [-0.3, -0.25) is 4.72 Å². The zero-order chi connectivity index (χ0) is 16.6. The monoisotopic (exact) mass is 356 g/mol. The predicted octanol–water partition coefficient (Wildman–Crippen LogP) is 3.79. The molecule has 2 heterocycles. The highest BCUT2D eigenvalue weighted by Crippen LogP contribution is 2.34. The summed E-state index contributed by atoms with van der Waals surface area (Å²) in [5.74, 6) is -1.73. The van der Waals surface area contributed by atoms with Crippen LogP contribution in [0, 0.1) is 18.6 Å². The molecule has 9 heteroatoms. The van der Waals surface area contributed by atoms with E-state index in [0.717, 1.165) is 18.2 Å². The molecule has 3 aromatic rings. The summed E-state index contributed by atoms with van der Waals surface area (Å²) in [5, 5.41) is 3.57. The normalized spacial score (nSPS) is 11.6. The van der Waals surface area contributed by atoms with Crippen LogP contribution in [0.5, 0.6) is 0 Å². The maximum absolute atomic E-state index is 13.2. The van der Waals surface area contributed by atoms with Crippen molar-refractivity contribution in [1.29, 1.82) is 0 Å². The lowest BCUT2D eigenvalue weighted by Crippen LogP contribution is -2.13. The van der Waals surface area contributed by atoms with E-state index in [2.05, 4.69) is 9.88 Å². The fraction of sp³-hybridized carbons (Fsp3) is 0.0714. The Morgan fingerprint density at radius 3 is 2.61 bits per heavy atom. The van der Waals surface area contributed by atoms with Crippen LogP contribution < -0.4 is 4.72 Å². The number of aromatic nitrogens is 1. The Hall–Kier alpha value is -2.26. The van der Waals surface area contributed by atoms with Gasteiger partial charge in [-0.25, -0.2) is 17.2 Å². The molecule has 0 saturated heterocycles. The van der Waals surface area contributed by atoms with E-state index in [1.54, 1.807) is 13.0 Å². The summed E-state index contributed by atoms with van der Waals surface area (Å²) >= 11 is 1.23. The number of hydrogen-bond acceptors (Lipinski definition) is 5. The Morgan fingerprint density at radius 2 is 1.96 bits per heavy atom. The summed E-state index contributed by atoms with van der Waals surface area (Å²) in [4.78, 5) is 1.18. The molecule has 0 amide bonds. The molecule has 0 aliphatic carbocycles. The predicted molar refractivity (Wildman–Crippen MR) is 81.7 cm³/mol. The van der Waals surface area contributed by atoms with E-state index in [0.29, 0.717) is 15.5 Å². The van der Waals surface area contributed by atoms with Gasteiger partial charge in [-0.1, -0.05) is 5.16 Å². The summed E-state index contributed by atoms with van der Waals surface area (Å²) in [6.45, 7) is 1.64. The van der Waals surface area contributed by atoms with Crippen molar-refractivity contribution in [2.24, 2.45) is 0 Å². The lowest BCUT2D eigenvalue weighted by atomic mass is 10.3. The Kier molecular flexibility index (Phi) is 3.90. The number of hydrogen-bond donors (Lipinski definition) is 1. The average Bonchev–Trinajstić information content (AvgIpc) is 3.11. The molecular formula is C14H10F2N2O3S2. The van der Waals surface area contributed by atoms with Crippen molar-refractivity contribution in [3.8, 4) is 10.6 Å². The zero-order valence-electron chi connectivity index (χ0n) is 11.7. The van der Waals surface area contributed by atoms with Crippen LogP contribution in [0.3, 0.4) is 0 Å². The number of rotatable bonds is 4. The van der Waals surface area contributed by atoms with Gasteiger partial charge in [0.15, 0.2) is 17.4 Å². The van der Waals surface area contributed by atoms with E-state index in [1.165, 1.54) is 23.6 Å². The van der Waals surface area contributed by atoms with Crippen LogP contribution in [0.1, 0.15) is 4.88 Å². The topological polar surface area (TPSA) is 72.2 Å². The van der Waals surface area contributed by atoms with Gasteiger partial charge in [0.05, 0.1) is 16.8 Å². The number of anilines is 1. The third-order valence-electron chi connectivity index (χ3n) is 3.01. The molecule has 2 aromatic heterocycles. The lowest BCUT2D eigenvalue weighted by Gasteiger charge is -2.07. The second kappa shape index (κ2) is 5.74. The molecule has 0 unspecified atom stereocenters. The van der Waals surface area contributed by atoms with Crippen molar-refractivity contribution in [2.75, 3.05) is 4.72 Å². The Balaban J connectivity index is 1.95. The fourth-order valence-electron chi connectivity index (χ4n) is 1.97. The van der Waals surface area contributed by atoms with Crippen LogP contribution in [0.4, 0.5) is 14.5 Å². The van der Waals surface area contributed by atoms with Crippen molar-refractivity contribution >= 4 is 27.0 Å². The standard InChI is InChI=1S/C14H10F2N2O3S2/c1-8-14(7-13(22-8)12-4-5-17-21-12)23(19,20)18-9-2-3-10(15)11(16)6-9/h2-7,18H,1H3. The van der Waals surface area contributed by atoms with Gasteiger partial charge in [0.2, 0.25) is 0 Å². The number of halogens is 2. The van der Waals surface area contributed by atoms with Gasteiger partial charge in [-0.2, -0.15) is 0 Å². The number of sulfonamides is 1. The number of benzene rings is 1. The summed E-state index contributed by atoms with van der Waals surface area (Å²) in [7, 11) is -3.93. The average molecular weight is 356 g/mol. The third-order valence-corrected chi connectivity index (χ3v) is 5.72. The molecule has 0 radical (unpaired) electrons. The van der Waals surface area contributed by atoms with Gasteiger partial charge in [0.25, 0.3) is 10.0 Å². The van der Waals surface area contributed by atoms with Gasteiger partial charge < -0.3 is 4.52 Å². The first-order valence-corrected chi connectivity index (χ1v) is 8.66. The van der Waals surface area contributed by atoms with Crippen molar-refractivity contribution in [3.05, 3.63) is 53.0 Å². The quantitative estimate of drug-likeness (QED) is 0.772. The summed E-state index contributed by atoms with van der Waals surface area (Å²) < 4.78 is 58.2. The van der Waals surface area contributed by atoms with Gasteiger partial charge in [0.1, 0.15) is 4.90 Å². The first kappa shape index (κ1) is 15.6. The van der Waals surface area contributed by atoms with Crippen LogP contribution >= 0.6 is 11.3 Å². The zero-order valence-corrected chi connectivity index (χ0v) is 13.3. The number of nitrogens with zero attached hydrogens (tertiary/aromatic N) is 1. The third kappa shape index (κ3) is 3.10. The molecular weight excluding hydrogens is 346 g/mol. The summed E-state index contributed by atoms with van der Waals surface area (Å²) in [5.41, 5.74) is -0.0595. The highest BCUT2D eigenvalue weighted by Gasteiger charge is 2.22. The van der Waals surface area contributed by atoms with Gasteiger partial charge in [0, 0.05) is 17.0 Å². The van der Waals surface area contributed by atoms with Crippen LogP contribution in [-0.2, 0) is 10.0 Å². The Labute approximate surface area is 134 Å². The molecule has 0 bridgehead atoms. The van der Waals surface area contributed by atoms with Gasteiger partial charge in [-0.05, 0) is 25.1 Å². The largest absolute Gasteiger partial charge is 0.355 e. The van der Waals surface area contributed by atoms with E-state index in [9.17, 15) is 17.2 Å². The number of nitrogens with one attached hydrogen (secondary N) is 1. The van der Waals surface area contributed by atoms with Crippen molar-refractivity contribution in [1.82, 2.24) is 5.16 Å². The van der Waals surface area contributed by atoms with Crippen LogP contribution in [-0.4, -0.2) is 13.6 Å². The summed E-state index contributed by atoms with van der Waals surface area (Å²) in [6, 6.07) is 5.85. The van der Waals surface area contributed by atoms with Crippen LogP contribution in [0.15, 0.2) is 45.9 Å². The Morgan fingerprint density at radius 1 is 1.17 bits per heavy atom. The molecule has 0 atom stereocenters. The van der Waals surface area contributed by atoms with E-state index in [4.69, 9.17) is 4.52 Å². The van der Waals surface area contributed by atoms with E-state index in [1.807, 2.05) is 0 Å². The molecule has 1 N–H and O–H groups in total. The minimum absolute atomic E-state index is 0.0404. The van der Waals surface area contributed by atoms with E-state index in [-0.39, 0.29) is 10.6 Å². The maximum Gasteiger partial charge on any atom is 0.263 e. The molecule has 0 fully saturated rings. The first-order chi connectivity index (χ1) is 10.9. The van der Waals surface area contributed by atoms with Crippen molar-refractivity contribution in [2.45, 2.75) is 11.8 Å². The molecule has 0 saturated carbocycles. The SMILES string of the molecule is Cc1sc(-c2ccno2)cc1S(=O)(=O)Nc1ccc(F)c(F)c1. The van der Waals surface area contributed by atoms with Gasteiger partial charge >= 0.3 is 0 Å². The molecule has 120 valence electrons. The highest BCUT2D eigenvalue weighted by molar-refractivity contribution is 7.93. The van der Waals surface area contributed by atoms with Crippen LogP contribution in [0.2, 0.25) is 0 Å². The fourth-order valence-corrected chi connectivity index (χ4v) is 4.57. The van der Waals surface area contributed by atoms with Crippen LogP contribution in [0.25, 0.3) is 10.6 Å². The molecule has 0 aliphatic heterocycles. The molecule has 0 spiro atoms. The molecule has 23 heavy (non-hydrogen) atoms. The first-order valence-electron chi connectivity index (χ1n) is 6.36. The van der Waals surface area contributed by atoms with Gasteiger partial charge in [-0.15, -0.1) is 11.3 Å². The minimum Gasteiger partial charge on any atom is -0.355 e. The lowest BCUT2D eigenvalue weighted by molar-refractivity contribution is 0.433. The minimum atomic E-state index is -3.93. The number of aryl methyl sites for hydroxylation is 1. The second-order valence-electron chi connectivity index (χ2n) is 4.64. The van der Waals surface area contributed by atoms with E-state index < -0.39 is 21.7 Å². The highest BCUT2D eigenvalue weighted by atomic mass is 32.2.